The fourth-order valence-electron chi connectivity index (χ4n) is 3.01. The molecular formula is C18H19N3O3. The molecule has 0 bridgehead atoms. The summed E-state index contributed by atoms with van der Waals surface area (Å²) in [6, 6.07) is 13.0. The highest BCUT2D eigenvalue weighted by Crippen LogP contribution is 2.29. The summed E-state index contributed by atoms with van der Waals surface area (Å²) in [4.78, 5) is 2.08. The van der Waals surface area contributed by atoms with E-state index >= 15 is 0 Å². The van der Waals surface area contributed by atoms with E-state index in [4.69, 9.17) is 13.9 Å². The second kappa shape index (κ2) is 6.13. The van der Waals surface area contributed by atoms with E-state index in [1.807, 2.05) is 12.1 Å². The van der Waals surface area contributed by atoms with Crippen molar-refractivity contribution in [2.45, 2.75) is 13.0 Å². The Balaban J connectivity index is 1.59. The van der Waals surface area contributed by atoms with Crippen LogP contribution in [0.5, 0.6) is 5.75 Å². The Morgan fingerprint density at radius 3 is 2.75 bits per heavy atom. The molecule has 2 aromatic carbocycles. The number of hydrogen-bond acceptors (Lipinski definition) is 6. The van der Waals surface area contributed by atoms with Gasteiger partial charge in [0.25, 0.3) is 0 Å². The lowest BCUT2D eigenvalue weighted by Gasteiger charge is -2.32. The predicted molar refractivity (Wildman–Crippen MR) is 90.4 cm³/mol. The summed E-state index contributed by atoms with van der Waals surface area (Å²) in [5, 5.41) is 10.3. The molecular weight excluding hydrogens is 306 g/mol. The molecule has 1 saturated heterocycles. The topological polar surface area (TPSA) is 60.6 Å². The zero-order valence-corrected chi connectivity index (χ0v) is 13.7. The van der Waals surface area contributed by atoms with Crippen molar-refractivity contribution in [1.29, 1.82) is 0 Å². The predicted octanol–water partition coefficient (Wildman–Crippen LogP) is 3.12. The SMILES string of the molecule is COc1ccc2cc(C3CN(c4nnc(C)o4)CCO3)ccc2c1. The summed E-state index contributed by atoms with van der Waals surface area (Å²) in [6.07, 6.45) is -0.0162. The van der Waals surface area contributed by atoms with Crippen LogP contribution in [-0.4, -0.2) is 37.0 Å². The number of fused-ring (bicyclic) bond motifs is 1. The Labute approximate surface area is 140 Å². The molecule has 1 unspecified atom stereocenters. The lowest BCUT2D eigenvalue weighted by Crippen LogP contribution is -2.38. The first-order valence-corrected chi connectivity index (χ1v) is 7.97. The lowest BCUT2D eigenvalue weighted by molar-refractivity contribution is 0.0380. The second-order valence-electron chi connectivity index (χ2n) is 5.88. The summed E-state index contributed by atoms with van der Waals surface area (Å²) in [5.74, 6) is 1.44. The summed E-state index contributed by atoms with van der Waals surface area (Å²) < 4.78 is 16.8. The van der Waals surface area contributed by atoms with Gasteiger partial charge in [-0.3, -0.25) is 0 Å². The highest BCUT2D eigenvalue weighted by Gasteiger charge is 2.25. The smallest absolute Gasteiger partial charge is 0.318 e. The minimum absolute atomic E-state index is 0.0162. The number of benzene rings is 2. The van der Waals surface area contributed by atoms with Crippen molar-refractivity contribution < 1.29 is 13.9 Å². The van der Waals surface area contributed by atoms with Crippen LogP contribution in [0.3, 0.4) is 0 Å². The van der Waals surface area contributed by atoms with Crippen LogP contribution in [0.25, 0.3) is 10.8 Å². The molecule has 6 nitrogen and oxygen atoms in total. The molecule has 1 aromatic heterocycles. The number of rotatable bonds is 3. The average molecular weight is 325 g/mol. The Kier molecular flexibility index (Phi) is 3.82. The third-order valence-electron chi connectivity index (χ3n) is 4.30. The molecule has 0 saturated carbocycles. The molecule has 1 aliphatic rings. The summed E-state index contributed by atoms with van der Waals surface area (Å²) in [5.41, 5.74) is 1.15. The molecule has 1 fully saturated rings. The largest absolute Gasteiger partial charge is 0.497 e. The van der Waals surface area contributed by atoms with Crippen molar-refractivity contribution in [3.05, 3.63) is 47.9 Å². The number of morpholine rings is 1. The number of hydrogen-bond donors (Lipinski definition) is 0. The molecule has 0 aliphatic carbocycles. The van der Waals surface area contributed by atoms with Crippen molar-refractivity contribution >= 4 is 16.8 Å². The van der Waals surface area contributed by atoms with Crippen molar-refractivity contribution in [3.63, 3.8) is 0 Å². The summed E-state index contributed by atoms with van der Waals surface area (Å²) in [6.45, 7) is 3.88. The third-order valence-corrected chi connectivity index (χ3v) is 4.30. The van der Waals surface area contributed by atoms with E-state index in [1.165, 1.54) is 5.39 Å². The highest BCUT2D eigenvalue weighted by molar-refractivity contribution is 5.84. The zero-order valence-electron chi connectivity index (χ0n) is 13.7. The summed E-state index contributed by atoms with van der Waals surface area (Å²) in [7, 11) is 1.68. The first kappa shape index (κ1) is 15.0. The van der Waals surface area contributed by atoms with E-state index < -0.39 is 0 Å². The summed E-state index contributed by atoms with van der Waals surface area (Å²) >= 11 is 0. The second-order valence-corrected chi connectivity index (χ2v) is 5.88. The first-order chi connectivity index (χ1) is 11.7. The van der Waals surface area contributed by atoms with E-state index in [9.17, 15) is 0 Å². The molecule has 3 aromatic rings. The van der Waals surface area contributed by atoms with E-state index in [0.29, 0.717) is 25.1 Å². The normalized spacial score (nSPS) is 18.1. The number of methoxy groups -OCH3 is 1. The van der Waals surface area contributed by atoms with Crippen LogP contribution in [0.4, 0.5) is 6.01 Å². The van der Waals surface area contributed by atoms with E-state index in [2.05, 4.69) is 39.4 Å². The molecule has 4 rings (SSSR count). The van der Waals surface area contributed by atoms with Crippen LogP contribution >= 0.6 is 0 Å². The Morgan fingerprint density at radius 1 is 1.12 bits per heavy atom. The van der Waals surface area contributed by atoms with Crippen molar-refractivity contribution in [1.82, 2.24) is 10.2 Å². The van der Waals surface area contributed by atoms with Gasteiger partial charge in [0.05, 0.1) is 20.3 Å². The maximum absolute atomic E-state index is 5.96. The standard InChI is InChI=1S/C18H19N3O3/c1-12-19-20-18(24-12)21-7-8-23-17(11-21)15-4-3-14-10-16(22-2)6-5-13(14)9-15/h3-6,9-10,17H,7-8,11H2,1-2H3. The van der Waals surface area contributed by atoms with Crippen LogP contribution in [-0.2, 0) is 4.74 Å². The van der Waals surface area contributed by atoms with Gasteiger partial charge < -0.3 is 18.8 Å². The molecule has 0 amide bonds. The van der Waals surface area contributed by atoms with Crippen molar-refractivity contribution in [3.8, 4) is 5.75 Å². The quantitative estimate of drug-likeness (QED) is 0.737. The molecule has 2 heterocycles. The van der Waals surface area contributed by atoms with Crippen LogP contribution in [0.15, 0.2) is 40.8 Å². The number of aromatic nitrogens is 2. The highest BCUT2D eigenvalue weighted by atomic mass is 16.5. The monoisotopic (exact) mass is 325 g/mol. The molecule has 1 aliphatic heterocycles. The van der Waals surface area contributed by atoms with Gasteiger partial charge in [0, 0.05) is 13.5 Å². The van der Waals surface area contributed by atoms with Crippen molar-refractivity contribution in [2.75, 3.05) is 31.7 Å². The average Bonchev–Trinajstić information content (AvgIpc) is 3.07. The van der Waals surface area contributed by atoms with Crippen LogP contribution in [0.1, 0.15) is 17.6 Å². The zero-order chi connectivity index (χ0) is 16.5. The Hall–Kier alpha value is -2.60. The minimum Gasteiger partial charge on any atom is -0.497 e. The lowest BCUT2D eigenvalue weighted by atomic mass is 10.0. The van der Waals surface area contributed by atoms with Gasteiger partial charge in [-0.05, 0) is 34.5 Å². The van der Waals surface area contributed by atoms with Gasteiger partial charge in [-0.2, -0.15) is 0 Å². The minimum atomic E-state index is -0.0162. The third kappa shape index (κ3) is 2.80. The molecule has 0 radical (unpaired) electrons. The van der Waals surface area contributed by atoms with Gasteiger partial charge in [0.1, 0.15) is 11.9 Å². The van der Waals surface area contributed by atoms with E-state index in [1.54, 1.807) is 14.0 Å². The number of anilines is 1. The molecule has 6 heteroatoms. The Morgan fingerprint density at radius 2 is 1.96 bits per heavy atom. The van der Waals surface area contributed by atoms with Gasteiger partial charge in [0.2, 0.25) is 5.89 Å². The van der Waals surface area contributed by atoms with Gasteiger partial charge >= 0.3 is 6.01 Å². The van der Waals surface area contributed by atoms with Gasteiger partial charge in [-0.25, -0.2) is 0 Å². The van der Waals surface area contributed by atoms with Crippen LogP contribution in [0.2, 0.25) is 0 Å². The van der Waals surface area contributed by atoms with Gasteiger partial charge in [-0.15, -0.1) is 5.10 Å². The number of aryl methyl sites for hydroxylation is 1. The molecule has 124 valence electrons. The molecule has 0 N–H and O–H groups in total. The van der Waals surface area contributed by atoms with E-state index in [0.717, 1.165) is 23.2 Å². The maximum atomic E-state index is 5.96. The fourth-order valence-corrected chi connectivity index (χ4v) is 3.01. The van der Waals surface area contributed by atoms with Crippen LogP contribution in [0, 0.1) is 6.92 Å². The molecule has 24 heavy (non-hydrogen) atoms. The first-order valence-electron chi connectivity index (χ1n) is 7.97. The number of nitrogens with zero attached hydrogens (tertiary/aromatic N) is 3. The van der Waals surface area contributed by atoms with Crippen LogP contribution < -0.4 is 9.64 Å². The Bertz CT molecular complexity index is 862. The maximum Gasteiger partial charge on any atom is 0.318 e. The number of ether oxygens (including phenoxy) is 2. The van der Waals surface area contributed by atoms with Crippen molar-refractivity contribution in [2.24, 2.45) is 0 Å². The molecule has 0 spiro atoms. The molecule has 1 atom stereocenters. The van der Waals surface area contributed by atoms with Gasteiger partial charge in [0.15, 0.2) is 0 Å². The fraction of sp³-hybridized carbons (Fsp3) is 0.333. The van der Waals surface area contributed by atoms with Gasteiger partial charge in [-0.1, -0.05) is 23.3 Å². The van der Waals surface area contributed by atoms with E-state index in [-0.39, 0.29) is 6.10 Å².